The number of rotatable bonds is 6. The summed E-state index contributed by atoms with van der Waals surface area (Å²) in [4.78, 5) is 26.0. The predicted octanol–water partition coefficient (Wildman–Crippen LogP) is 2.01. The number of thiocarbonyl (C=S) groups is 1. The Morgan fingerprint density at radius 1 is 0.815 bits per heavy atom. The standard InChI is InChI=1S/C20H20N2O4S/c1-25-15-9-5-3-7-13(15)11-20(17(23)21-19(27)22-18(20)24)12-14-8-4-6-10-16(14)26-2/h3-10H,11-12H2,1-2H3,(H2,21,22,23,24,27). The minimum Gasteiger partial charge on any atom is -0.496 e. The van der Waals surface area contributed by atoms with E-state index in [0.717, 1.165) is 11.1 Å². The van der Waals surface area contributed by atoms with Gasteiger partial charge >= 0.3 is 0 Å². The van der Waals surface area contributed by atoms with E-state index in [9.17, 15) is 9.59 Å². The van der Waals surface area contributed by atoms with E-state index in [0.29, 0.717) is 11.5 Å². The highest BCUT2D eigenvalue weighted by Crippen LogP contribution is 2.36. The SMILES string of the molecule is COc1ccccc1CC1(Cc2ccccc2OC)C(=O)NC(=S)NC1=O. The fourth-order valence-corrected chi connectivity index (χ4v) is 3.50. The van der Waals surface area contributed by atoms with Gasteiger partial charge in [-0.25, -0.2) is 0 Å². The lowest BCUT2D eigenvalue weighted by Crippen LogP contribution is -2.64. The maximum absolute atomic E-state index is 13.0. The van der Waals surface area contributed by atoms with Gasteiger partial charge in [-0.2, -0.15) is 0 Å². The largest absolute Gasteiger partial charge is 0.496 e. The van der Waals surface area contributed by atoms with Crippen molar-refractivity contribution in [1.82, 2.24) is 10.6 Å². The van der Waals surface area contributed by atoms with Gasteiger partial charge in [-0.05, 0) is 48.3 Å². The molecule has 7 heteroatoms. The smallest absolute Gasteiger partial charge is 0.242 e. The van der Waals surface area contributed by atoms with E-state index in [1.807, 2.05) is 36.4 Å². The van der Waals surface area contributed by atoms with E-state index in [-0.39, 0.29) is 18.0 Å². The van der Waals surface area contributed by atoms with Crippen LogP contribution >= 0.6 is 12.2 Å². The molecule has 2 amide bonds. The molecule has 6 nitrogen and oxygen atoms in total. The lowest BCUT2D eigenvalue weighted by Gasteiger charge is -2.35. The van der Waals surface area contributed by atoms with Crippen LogP contribution in [0.2, 0.25) is 0 Å². The lowest BCUT2D eigenvalue weighted by atomic mass is 9.73. The summed E-state index contributed by atoms with van der Waals surface area (Å²) in [6.45, 7) is 0. The van der Waals surface area contributed by atoms with Crippen LogP contribution < -0.4 is 20.1 Å². The second kappa shape index (κ2) is 7.75. The van der Waals surface area contributed by atoms with E-state index in [4.69, 9.17) is 21.7 Å². The van der Waals surface area contributed by atoms with Crippen LogP contribution in [0.15, 0.2) is 48.5 Å². The summed E-state index contributed by atoms with van der Waals surface area (Å²) >= 11 is 4.98. The lowest BCUT2D eigenvalue weighted by molar-refractivity contribution is -0.143. The molecule has 0 unspecified atom stereocenters. The Hall–Kier alpha value is -2.93. The van der Waals surface area contributed by atoms with Crippen LogP contribution in [0.3, 0.4) is 0 Å². The Labute approximate surface area is 162 Å². The summed E-state index contributed by atoms with van der Waals surface area (Å²) in [6, 6.07) is 14.7. The summed E-state index contributed by atoms with van der Waals surface area (Å²) < 4.78 is 10.8. The van der Waals surface area contributed by atoms with Crippen molar-refractivity contribution in [2.45, 2.75) is 12.8 Å². The third-order valence-corrected chi connectivity index (χ3v) is 4.90. The van der Waals surface area contributed by atoms with Gasteiger partial charge in [0.2, 0.25) is 11.8 Å². The number of para-hydroxylation sites is 2. The van der Waals surface area contributed by atoms with E-state index < -0.39 is 17.2 Å². The van der Waals surface area contributed by atoms with E-state index in [1.54, 1.807) is 26.4 Å². The summed E-state index contributed by atoms with van der Waals surface area (Å²) in [5.74, 6) is 0.359. The molecule has 1 heterocycles. The molecule has 1 aliphatic heterocycles. The van der Waals surface area contributed by atoms with Crippen molar-refractivity contribution >= 4 is 29.1 Å². The van der Waals surface area contributed by atoms with Crippen molar-refractivity contribution in [2.75, 3.05) is 14.2 Å². The van der Waals surface area contributed by atoms with Gasteiger partial charge in [0.15, 0.2) is 5.11 Å². The van der Waals surface area contributed by atoms with Gasteiger partial charge in [0.25, 0.3) is 0 Å². The second-order valence-electron chi connectivity index (χ2n) is 6.30. The molecule has 0 atom stereocenters. The van der Waals surface area contributed by atoms with Crippen molar-refractivity contribution < 1.29 is 19.1 Å². The molecule has 2 aromatic carbocycles. The van der Waals surface area contributed by atoms with Gasteiger partial charge in [0.05, 0.1) is 14.2 Å². The highest BCUT2D eigenvalue weighted by Gasteiger charge is 2.50. The zero-order chi connectivity index (χ0) is 19.4. The van der Waals surface area contributed by atoms with Crippen molar-refractivity contribution in [2.24, 2.45) is 5.41 Å². The Morgan fingerprint density at radius 2 is 1.22 bits per heavy atom. The average Bonchev–Trinajstić information content (AvgIpc) is 2.66. The van der Waals surface area contributed by atoms with Crippen LogP contribution in [0.4, 0.5) is 0 Å². The topological polar surface area (TPSA) is 76.7 Å². The zero-order valence-electron chi connectivity index (χ0n) is 15.1. The number of methoxy groups -OCH3 is 2. The van der Waals surface area contributed by atoms with Gasteiger partial charge in [-0.1, -0.05) is 36.4 Å². The Morgan fingerprint density at radius 3 is 1.63 bits per heavy atom. The maximum Gasteiger partial charge on any atom is 0.242 e. The summed E-state index contributed by atoms with van der Waals surface area (Å²) in [7, 11) is 3.11. The van der Waals surface area contributed by atoms with E-state index >= 15 is 0 Å². The maximum atomic E-state index is 13.0. The zero-order valence-corrected chi connectivity index (χ0v) is 15.9. The molecule has 27 heavy (non-hydrogen) atoms. The molecule has 0 bridgehead atoms. The normalized spacial score (nSPS) is 15.7. The molecule has 2 aromatic rings. The first-order valence-corrected chi connectivity index (χ1v) is 8.81. The number of ether oxygens (including phenoxy) is 2. The highest BCUT2D eigenvalue weighted by atomic mass is 32.1. The molecule has 0 saturated carbocycles. The molecule has 0 aliphatic carbocycles. The second-order valence-corrected chi connectivity index (χ2v) is 6.70. The third-order valence-electron chi connectivity index (χ3n) is 4.69. The summed E-state index contributed by atoms with van der Waals surface area (Å²) in [5, 5.41) is 5.20. The number of benzene rings is 2. The molecular formula is C20H20N2O4S. The molecule has 1 saturated heterocycles. The van der Waals surface area contributed by atoms with Crippen LogP contribution in [0, 0.1) is 5.41 Å². The van der Waals surface area contributed by atoms with Gasteiger partial charge in [-0.15, -0.1) is 0 Å². The first-order chi connectivity index (χ1) is 13.0. The number of carbonyl (C=O) groups excluding carboxylic acids is 2. The minimum atomic E-state index is -1.38. The Kier molecular flexibility index (Phi) is 5.41. The summed E-state index contributed by atoms with van der Waals surface area (Å²) in [6.07, 6.45) is 0.324. The number of amides is 2. The quantitative estimate of drug-likeness (QED) is 0.589. The van der Waals surface area contributed by atoms with Gasteiger partial charge in [0.1, 0.15) is 16.9 Å². The number of nitrogens with one attached hydrogen (secondary N) is 2. The predicted molar refractivity (Wildman–Crippen MR) is 105 cm³/mol. The number of carbonyl (C=O) groups is 2. The van der Waals surface area contributed by atoms with Crippen LogP contribution in [-0.4, -0.2) is 31.1 Å². The molecule has 0 aromatic heterocycles. The molecule has 1 fully saturated rings. The monoisotopic (exact) mass is 384 g/mol. The molecular weight excluding hydrogens is 364 g/mol. The molecule has 0 spiro atoms. The number of hydrogen-bond acceptors (Lipinski definition) is 5. The van der Waals surface area contributed by atoms with Crippen LogP contribution in [-0.2, 0) is 22.4 Å². The number of hydrogen-bond donors (Lipinski definition) is 2. The Bertz CT molecular complexity index is 826. The first kappa shape index (κ1) is 18.8. The van der Waals surface area contributed by atoms with Crippen molar-refractivity contribution in [1.29, 1.82) is 0 Å². The summed E-state index contributed by atoms with van der Waals surface area (Å²) in [5.41, 5.74) is 0.131. The van der Waals surface area contributed by atoms with Gasteiger partial charge in [0, 0.05) is 0 Å². The van der Waals surface area contributed by atoms with Crippen LogP contribution in [0.5, 0.6) is 11.5 Å². The molecule has 1 aliphatic rings. The molecule has 2 N–H and O–H groups in total. The molecule has 0 radical (unpaired) electrons. The van der Waals surface area contributed by atoms with E-state index in [1.165, 1.54) is 0 Å². The van der Waals surface area contributed by atoms with Crippen molar-refractivity contribution in [3.05, 3.63) is 59.7 Å². The molecule has 3 rings (SSSR count). The minimum absolute atomic E-state index is 0.0145. The van der Waals surface area contributed by atoms with Crippen LogP contribution in [0.25, 0.3) is 0 Å². The third kappa shape index (κ3) is 3.64. The fraction of sp³-hybridized carbons (Fsp3) is 0.250. The first-order valence-electron chi connectivity index (χ1n) is 8.41. The molecule has 140 valence electrons. The van der Waals surface area contributed by atoms with Crippen molar-refractivity contribution in [3.63, 3.8) is 0 Å². The van der Waals surface area contributed by atoms with Gasteiger partial charge < -0.3 is 20.1 Å². The highest BCUT2D eigenvalue weighted by molar-refractivity contribution is 7.80. The van der Waals surface area contributed by atoms with E-state index in [2.05, 4.69) is 10.6 Å². The average molecular weight is 384 g/mol. The Balaban J connectivity index is 2.08. The van der Waals surface area contributed by atoms with Crippen molar-refractivity contribution in [3.8, 4) is 11.5 Å². The van der Waals surface area contributed by atoms with Gasteiger partial charge in [-0.3, -0.25) is 9.59 Å². The van der Waals surface area contributed by atoms with Crippen LogP contribution in [0.1, 0.15) is 11.1 Å². The fourth-order valence-electron chi connectivity index (χ4n) is 3.31.